The summed E-state index contributed by atoms with van der Waals surface area (Å²) in [6, 6.07) is 8.08. The van der Waals surface area contributed by atoms with E-state index in [1.165, 1.54) is 23.3 Å². The molecule has 35 heavy (non-hydrogen) atoms. The van der Waals surface area contributed by atoms with Gasteiger partial charge in [0.15, 0.2) is 23.1 Å². The number of ketones is 1. The largest absolute Gasteiger partial charge is 0.454 e. The number of hydrogen-bond donors (Lipinski definition) is 1. The molecule has 1 aromatic carbocycles. The molecule has 7 nitrogen and oxygen atoms in total. The highest BCUT2D eigenvalue weighted by Gasteiger charge is 2.44. The van der Waals surface area contributed by atoms with E-state index in [0.717, 1.165) is 53.9 Å². The van der Waals surface area contributed by atoms with Crippen LogP contribution in [0.1, 0.15) is 66.0 Å². The molecule has 2 N–H and O–H groups in total. The Labute approximate surface area is 207 Å². The van der Waals surface area contributed by atoms with Crippen LogP contribution in [-0.4, -0.2) is 18.4 Å². The molecule has 8 heteroatoms. The molecule has 1 aromatic heterocycles. The van der Waals surface area contributed by atoms with E-state index in [-0.39, 0.29) is 12.6 Å². The predicted molar refractivity (Wildman–Crippen MR) is 133 cm³/mol. The number of fused-ring (bicyclic) bond motifs is 7. The van der Waals surface area contributed by atoms with Gasteiger partial charge in [-0.15, -0.1) is 11.3 Å². The van der Waals surface area contributed by atoms with Crippen LogP contribution in [0.3, 0.4) is 0 Å². The van der Waals surface area contributed by atoms with Crippen LogP contribution >= 0.6 is 11.3 Å². The molecule has 0 bridgehead atoms. The number of amidine groups is 1. The number of rotatable bonds is 1. The number of anilines is 1. The van der Waals surface area contributed by atoms with Crippen LogP contribution in [0.5, 0.6) is 11.5 Å². The quantitative estimate of drug-likeness (QED) is 0.583. The Balaban J connectivity index is 1.48. The van der Waals surface area contributed by atoms with Crippen molar-refractivity contribution in [1.29, 1.82) is 5.26 Å². The fraction of sp³-hybridized carbons (Fsp3) is 0.370. The smallest absolute Gasteiger partial charge is 0.231 e. The summed E-state index contributed by atoms with van der Waals surface area (Å²) in [5.74, 6) is 1.95. The van der Waals surface area contributed by atoms with Crippen LogP contribution in [0, 0.1) is 11.3 Å². The maximum Gasteiger partial charge on any atom is 0.231 e. The highest BCUT2D eigenvalue weighted by molar-refractivity contribution is 7.17. The van der Waals surface area contributed by atoms with Gasteiger partial charge in [-0.3, -0.25) is 9.69 Å². The monoisotopic (exact) mass is 484 g/mol. The number of allylic oxidation sites excluding steroid dienone is 3. The van der Waals surface area contributed by atoms with Crippen molar-refractivity contribution in [2.75, 3.05) is 11.7 Å². The van der Waals surface area contributed by atoms with Crippen LogP contribution in [0.2, 0.25) is 0 Å². The molecule has 176 valence electrons. The van der Waals surface area contributed by atoms with Crippen molar-refractivity contribution in [3.63, 3.8) is 0 Å². The van der Waals surface area contributed by atoms with E-state index in [2.05, 4.69) is 11.0 Å². The van der Waals surface area contributed by atoms with E-state index in [9.17, 15) is 10.1 Å². The number of carbonyl (C=O) groups is 1. The maximum absolute atomic E-state index is 13.5. The molecular formula is C27H24N4O3S. The topological polar surface area (TPSA) is 101 Å². The first-order valence-corrected chi connectivity index (χ1v) is 13.1. The summed E-state index contributed by atoms with van der Waals surface area (Å²) in [5, 5.41) is 11.5. The Hall–Kier alpha value is -3.57. The standard InChI is InChI=1S/C27H24N4O3S/c28-12-16-22(14-9-10-19-20(11-14)34-13-33-19)24-17(6-4-7-18(24)32)31-26(16)30-25(29)23-15-5-2-1-3-8-21(15)35-27(23)31/h9-11,22H,1-8,13H2,(H2,29,30)/t22-/m1/s1. The second-order valence-corrected chi connectivity index (χ2v) is 10.7. The summed E-state index contributed by atoms with van der Waals surface area (Å²) in [6.07, 6.45) is 7.63. The number of hydrogen-bond acceptors (Lipinski definition) is 8. The van der Waals surface area contributed by atoms with Crippen molar-refractivity contribution >= 4 is 28.0 Å². The first kappa shape index (κ1) is 20.8. The van der Waals surface area contributed by atoms with Gasteiger partial charge >= 0.3 is 0 Å². The van der Waals surface area contributed by atoms with Gasteiger partial charge in [0.05, 0.1) is 23.1 Å². The third-order valence-corrected chi connectivity index (χ3v) is 8.94. The molecule has 4 heterocycles. The molecule has 0 unspecified atom stereocenters. The van der Waals surface area contributed by atoms with Crippen molar-refractivity contribution in [3.05, 3.63) is 62.4 Å². The predicted octanol–water partition coefficient (Wildman–Crippen LogP) is 4.81. The molecule has 7 rings (SSSR count). The zero-order chi connectivity index (χ0) is 23.7. The average molecular weight is 485 g/mol. The summed E-state index contributed by atoms with van der Waals surface area (Å²) < 4.78 is 11.1. The number of thiophene rings is 1. The molecule has 2 aliphatic carbocycles. The van der Waals surface area contributed by atoms with Crippen LogP contribution in [0.15, 0.2) is 45.9 Å². The summed E-state index contributed by atoms with van der Waals surface area (Å²) >= 11 is 1.76. The Morgan fingerprint density at radius 3 is 2.83 bits per heavy atom. The van der Waals surface area contributed by atoms with Crippen LogP contribution in [0.4, 0.5) is 5.00 Å². The number of nitriles is 1. The third-order valence-electron chi connectivity index (χ3n) is 7.67. The molecule has 2 aromatic rings. The van der Waals surface area contributed by atoms with Gasteiger partial charge in [-0.1, -0.05) is 12.5 Å². The Morgan fingerprint density at radius 1 is 1.09 bits per heavy atom. The minimum Gasteiger partial charge on any atom is -0.454 e. The van der Waals surface area contributed by atoms with Crippen LogP contribution < -0.4 is 20.1 Å². The molecule has 0 amide bonds. The number of ether oxygens (including phenoxy) is 2. The molecule has 0 saturated carbocycles. The SMILES string of the molecule is N#CC1=C2N=C(N)c3c(sc4c3CCCCC4)N2C2=C(C(=O)CCC2)[C@@H]1c1ccc2c(c1)OCO2. The van der Waals surface area contributed by atoms with Crippen molar-refractivity contribution in [3.8, 4) is 17.6 Å². The second-order valence-electron chi connectivity index (χ2n) is 9.61. The zero-order valence-electron chi connectivity index (χ0n) is 19.2. The first-order valence-electron chi connectivity index (χ1n) is 12.2. The van der Waals surface area contributed by atoms with Crippen molar-refractivity contribution < 1.29 is 14.3 Å². The normalized spacial score (nSPS) is 22.6. The lowest BCUT2D eigenvalue weighted by Crippen LogP contribution is -2.38. The van der Waals surface area contributed by atoms with Crippen LogP contribution in [-0.2, 0) is 17.6 Å². The molecule has 0 radical (unpaired) electrons. The Kier molecular flexibility index (Phi) is 4.58. The summed E-state index contributed by atoms with van der Waals surface area (Å²) in [4.78, 5) is 21.8. The molecular weight excluding hydrogens is 460 g/mol. The summed E-state index contributed by atoms with van der Waals surface area (Å²) in [6.45, 7) is 0.170. The Morgan fingerprint density at radius 2 is 1.94 bits per heavy atom. The van der Waals surface area contributed by atoms with E-state index in [4.69, 9.17) is 20.2 Å². The zero-order valence-corrected chi connectivity index (χ0v) is 20.0. The maximum atomic E-state index is 13.5. The van der Waals surface area contributed by atoms with Gasteiger partial charge in [0.2, 0.25) is 6.79 Å². The lowest BCUT2D eigenvalue weighted by atomic mass is 9.75. The van der Waals surface area contributed by atoms with Gasteiger partial charge in [0.25, 0.3) is 0 Å². The van der Waals surface area contributed by atoms with Crippen LogP contribution in [0.25, 0.3) is 0 Å². The fourth-order valence-electron chi connectivity index (χ4n) is 6.12. The van der Waals surface area contributed by atoms with Gasteiger partial charge in [-0.2, -0.15) is 5.26 Å². The fourth-order valence-corrected chi connectivity index (χ4v) is 7.54. The van der Waals surface area contributed by atoms with Gasteiger partial charge in [-0.05, 0) is 61.8 Å². The van der Waals surface area contributed by atoms with Gasteiger partial charge in [0, 0.05) is 22.6 Å². The molecule has 3 aliphatic heterocycles. The van der Waals surface area contributed by atoms with Gasteiger partial charge in [0.1, 0.15) is 10.8 Å². The van der Waals surface area contributed by atoms with E-state index in [1.54, 1.807) is 11.3 Å². The number of aliphatic imine (C=N–C) groups is 1. The number of nitrogens with two attached hydrogens (primary N) is 1. The van der Waals surface area contributed by atoms with Gasteiger partial charge in [-0.25, -0.2) is 4.99 Å². The molecule has 0 spiro atoms. The summed E-state index contributed by atoms with van der Waals surface area (Å²) in [7, 11) is 0. The minimum atomic E-state index is -0.501. The third kappa shape index (κ3) is 2.94. The van der Waals surface area contributed by atoms with Gasteiger partial charge < -0.3 is 15.2 Å². The van der Waals surface area contributed by atoms with E-state index in [1.807, 2.05) is 18.2 Å². The van der Waals surface area contributed by atoms with E-state index in [0.29, 0.717) is 40.7 Å². The highest BCUT2D eigenvalue weighted by Crippen LogP contribution is 2.53. The number of aryl methyl sites for hydroxylation is 1. The number of benzene rings is 1. The average Bonchev–Trinajstić information content (AvgIpc) is 3.41. The number of Topliss-reactive ketones (excluding diaryl/α,β-unsaturated/α-hetero) is 1. The summed E-state index contributed by atoms with van der Waals surface area (Å²) in [5.41, 5.74) is 11.9. The molecule has 0 saturated heterocycles. The highest BCUT2D eigenvalue weighted by atomic mass is 32.1. The molecule has 1 atom stereocenters. The lowest BCUT2D eigenvalue weighted by molar-refractivity contribution is -0.116. The van der Waals surface area contributed by atoms with E-state index < -0.39 is 5.92 Å². The number of carbonyl (C=O) groups excluding carboxylic acids is 1. The van der Waals surface area contributed by atoms with Crippen molar-refractivity contribution in [2.45, 2.75) is 57.3 Å². The first-order chi connectivity index (χ1) is 17.2. The lowest BCUT2D eigenvalue weighted by Gasteiger charge is -2.40. The molecule has 5 aliphatic rings. The Bertz CT molecular complexity index is 1440. The second kappa shape index (κ2) is 7.72. The minimum absolute atomic E-state index is 0.0999. The number of nitrogens with zero attached hydrogens (tertiary/aromatic N) is 3. The van der Waals surface area contributed by atoms with Crippen molar-refractivity contribution in [2.24, 2.45) is 10.7 Å². The molecule has 0 fully saturated rings. The van der Waals surface area contributed by atoms with Crippen molar-refractivity contribution in [1.82, 2.24) is 0 Å². The van der Waals surface area contributed by atoms with E-state index >= 15 is 0 Å².